The number of piperazine rings is 1. The summed E-state index contributed by atoms with van der Waals surface area (Å²) in [6.07, 6.45) is 0. The summed E-state index contributed by atoms with van der Waals surface area (Å²) in [5.74, 6) is -0.980. The van der Waals surface area contributed by atoms with Gasteiger partial charge in [0.1, 0.15) is 5.92 Å². The van der Waals surface area contributed by atoms with E-state index in [1.165, 1.54) is 4.31 Å². The molecule has 9 heteroatoms. The standard InChI is InChI=1S/C29H33N5O3S/c1-20(2)33(3)38(36,37)24-13-14-26-25(19-24)27(29(35)32-26)28(21-7-5-4-6-8-21)31-22-9-11-23(12-10-22)34-17-15-30-16-18-34/h4-14,19-20,27,30H,15-18H2,1-3H3,(H,32,35). The van der Waals surface area contributed by atoms with Crippen molar-refractivity contribution >= 4 is 38.7 Å². The second kappa shape index (κ2) is 10.7. The highest BCUT2D eigenvalue weighted by Gasteiger charge is 2.37. The largest absolute Gasteiger partial charge is 0.369 e. The number of rotatable bonds is 7. The molecule has 38 heavy (non-hydrogen) atoms. The van der Waals surface area contributed by atoms with Crippen LogP contribution >= 0.6 is 0 Å². The summed E-state index contributed by atoms with van der Waals surface area (Å²) in [5, 5.41) is 6.29. The summed E-state index contributed by atoms with van der Waals surface area (Å²) in [6, 6.07) is 22.2. The Morgan fingerprint density at radius 1 is 1.00 bits per heavy atom. The molecule has 3 aromatic rings. The minimum Gasteiger partial charge on any atom is -0.369 e. The minimum absolute atomic E-state index is 0.154. The second-order valence-corrected chi connectivity index (χ2v) is 11.9. The van der Waals surface area contributed by atoms with Gasteiger partial charge in [0.05, 0.1) is 16.3 Å². The first kappa shape index (κ1) is 26.1. The van der Waals surface area contributed by atoms with Crippen molar-refractivity contribution in [1.82, 2.24) is 9.62 Å². The van der Waals surface area contributed by atoms with Gasteiger partial charge < -0.3 is 15.5 Å². The molecule has 0 bridgehead atoms. The molecule has 0 saturated carbocycles. The van der Waals surface area contributed by atoms with Crippen LogP contribution in [0, 0.1) is 0 Å². The molecule has 0 aromatic heterocycles. The fourth-order valence-corrected chi connectivity index (χ4v) is 6.22. The molecule has 0 radical (unpaired) electrons. The summed E-state index contributed by atoms with van der Waals surface area (Å²) < 4.78 is 27.8. The third-order valence-corrected chi connectivity index (χ3v) is 9.21. The number of benzene rings is 3. The van der Waals surface area contributed by atoms with E-state index in [4.69, 9.17) is 4.99 Å². The number of anilines is 2. The topological polar surface area (TPSA) is 94.1 Å². The molecule has 2 aliphatic heterocycles. The normalized spacial score (nSPS) is 18.1. The van der Waals surface area contributed by atoms with Crippen molar-refractivity contribution in [2.24, 2.45) is 4.99 Å². The van der Waals surface area contributed by atoms with E-state index in [0.29, 0.717) is 17.0 Å². The number of amides is 1. The number of aliphatic imine (C=N–C) groups is 1. The Morgan fingerprint density at radius 2 is 1.68 bits per heavy atom. The van der Waals surface area contributed by atoms with Crippen LogP contribution in [0.3, 0.4) is 0 Å². The number of fused-ring (bicyclic) bond motifs is 1. The van der Waals surface area contributed by atoms with E-state index in [2.05, 4.69) is 27.7 Å². The van der Waals surface area contributed by atoms with Gasteiger partial charge in [0.2, 0.25) is 15.9 Å². The van der Waals surface area contributed by atoms with Crippen LogP contribution in [0.15, 0.2) is 82.7 Å². The molecule has 3 aromatic carbocycles. The molecule has 1 fully saturated rings. The van der Waals surface area contributed by atoms with Crippen LogP contribution in [0.4, 0.5) is 17.1 Å². The van der Waals surface area contributed by atoms with Crippen molar-refractivity contribution in [2.75, 3.05) is 43.4 Å². The average Bonchev–Trinajstić information content (AvgIpc) is 3.27. The van der Waals surface area contributed by atoms with Crippen molar-refractivity contribution in [3.8, 4) is 0 Å². The monoisotopic (exact) mass is 531 g/mol. The highest BCUT2D eigenvalue weighted by atomic mass is 32.2. The summed E-state index contributed by atoms with van der Waals surface area (Å²) >= 11 is 0. The molecule has 2 N–H and O–H groups in total. The van der Waals surface area contributed by atoms with E-state index >= 15 is 0 Å². The highest BCUT2D eigenvalue weighted by molar-refractivity contribution is 7.89. The van der Waals surface area contributed by atoms with Crippen molar-refractivity contribution in [1.29, 1.82) is 0 Å². The molecule has 1 atom stereocenters. The first-order chi connectivity index (χ1) is 18.3. The van der Waals surface area contributed by atoms with Gasteiger partial charge >= 0.3 is 0 Å². The van der Waals surface area contributed by atoms with Gasteiger partial charge in [-0.05, 0) is 67.4 Å². The van der Waals surface area contributed by atoms with Crippen LogP contribution in [-0.2, 0) is 14.8 Å². The van der Waals surface area contributed by atoms with E-state index < -0.39 is 15.9 Å². The number of hydrogen-bond acceptors (Lipinski definition) is 6. The number of carbonyl (C=O) groups excluding carboxylic acids is 1. The maximum atomic E-state index is 13.3. The molecule has 2 aliphatic rings. The first-order valence-corrected chi connectivity index (χ1v) is 14.3. The van der Waals surface area contributed by atoms with Crippen molar-refractivity contribution in [2.45, 2.75) is 30.7 Å². The lowest BCUT2D eigenvalue weighted by Gasteiger charge is -2.29. The van der Waals surface area contributed by atoms with Gasteiger partial charge in [-0.3, -0.25) is 9.79 Å². The van der Waals surface area contributed by atoms with E-state index in [1.807, 2.05) is 56.3 Å². The Morgan fingerprint density at radius 3 is 2.34 bits per heavy atom. The Balaban J connectivity index is 1.56. The fourth-order valence-electron chi connectivity index (χ4n) is 4.82. The van der Waals surface area contributed by atoms with Crippen molar-refractivity contribution in [3.05, 3.63) is 83.9 Å². The second-order valence-electron chi connectivity index (χ2n) is 9.90. The number of sulfonamides is 1. The Hall–Kier alpha value is -3.53. The molecule has 0 spiro atoms. The molecule has 8 nitrogen and oxygen atoms in total. The molecule has 1 unspecified atom stereocenters. The van der Waals surface area contributed by atoms with Crippen molar-refractivity contribution in [3.63, 3.8) is 0 Å². The lowest BCUT2D eigenvalue weighted by Crippen LogP contribution is -2.43. The number of nitrogens with one attached hydrogen (secondary N) is 2. The van der Waals surface area contributed by atoms with E-state index in [9.17, 15) is 13.2 Å². The van der Waals surface area contributed by atoms with E-state index in [0.717, 1.165) is 43.1 Å². The highest BCUT2D eigenvalue weighted by Crippen LogP contribution is 2.38. The predicted octanol–water partition coefficient (Wildman–Crippen LogP) is 3.98. The van der Waals surface area contributed by atoms with Gasteiger partial charge in [0.25, 0.3) is 0 Å². The Kier molecular flexibility index (Phi) is 7.34. The maximum absolute atomic E-state index is 13.3. The molecular weight excluding hydrogens is 498 g/mol. The fraction of sp³-hybridized carbons (Fsp3) is 0.310. The van der Waals surface area contributed by atoms with E-state index in [-0.39, 0.29) is 16.8 Å². The third kappa shape index (κ3) is 5.09. The molecule has 0 aliphatic carbocycles. The quantitative estimate of drug-likeness (QED) is 0.450. The van der Waals surface area contributed by atoms with Crippen LogP contribution in [0.25, 0.3) is 0 Å². The van der Waals surface area contributed by atoms with Gasteiger partial charge in [-0.2, -0.15) is 4.31 Å². The zero-order chi connectivity index (χ0) is 26.9. The maximum Gasteiger partial charge on any atom is 0.243 e. The Bertz CT molecular complexity index is 1450. The van der Waals surface area contributed by atoms with Crippen molar-refractivity contribution < 1.29 is 13.2 Å². The molecule has 1 amide bonds. The van der Waals surface area contributed by atoms with Gasteiger partial charge in [-0.15, -0.1) is 0 Å². The third-order valence-electron chi connectivity index (χ3n) is 7.18. The number of hydrogen-bond donors (Lipinski definition) is 2. The smallest absolute Gasteiger partial charge is 0.243 e. The van der Waals surface area contributed by atoms with Gasteiger partial charge in [0, 0.05) is 50.6 Å². The van der Waals surface area contributed by atoms with Crippen LogP contribution in [-0.4, -0.2) is 63.6 Å². The summed E-state index contributed by atoms with van der Waals surface area (Å²) in [5.41, 5.74) is 4.45. The zero-order valence-corrected chi connectivity index (χ0v) is 22.7. The minimum atomic E-state index is -3.72. The molecule has 2 heterocycles. The summed E-state index contributed by atoms with van der Waals surface area (Å²) in [4.78, 5) is 20.8. The average molecular weight is 532 g/mol. The van der Waals surface area contributed by atoms with Crippen LogP contribution in [0.1, 0.15) is 30.9 Å². The lowest BCUT2D eigenvalue weighted by atomic mass is 9.90. The zero-order valence-electron chi connectivity index (χ0n) is 21.9. The number of nitrogens with zero attached hydrogens (tertiary/aromatic N) is 3. The molecule has 5 rings (SSSR count). The van der Waals surface area contributed by atoms with Gasteiger partial charge in [0.15, 0.2) is 0 Å². The lowest BCUT2D eigenvalue weighted by molar-refractivity contribution is -0.115. The van der Waals surface area contributed by atoms with Gasteiger partial charge in [-0.25, -0.2) is 8.42 Å². The summed E-state index contributed by atoms with van der Waals surface area (Å²) in [7, 11) is -2.16. The van der Waals surface area contributed by atoms with Crippen LogP contribution in [0.2, 0.25) is 0 Å². The number of carbonyl (C=O) groups is 1. The van der Waals surface area contributed by atoms with E-state index in [1.54, 1.807) is 25.2 Å². The Labute approximate surface area is 224 Å². The first-order valence-electron chi connectivity index (χ1n) is 12.9. The predicted molar refractivity (Wildman–Crippen MR) is 152 cm³/mol. The summed E-state index contributed by atoms with van der Waals surface area (Å²) in [6.45, 7) is 7.47. The van der Waals surface area contributed by atoms with Crippen LogP contribution in [0.5, 0.6) is 0 Å². The SMILES string of the molecule is CC(C)N(C)S(=O)(=O)c1ccc2c(c1)C(C(=Nc1ccc(N3CCNCC3)cc1)c1ccccc1)C(=O)N2. The molecule has 1 saturated heterocycles. The van der Waals surface area contributed by atoms with Gasteiger partial charge in [-0.1, -0.05) is 30.3 Å². The molecule has 198 valence electrons. The molecular formula is C29H33N5O3S. The van der Waals surface area contributed by atoms with Crippen LogP contribution < -0.4 is 15.5 Å².